The highest BCUT2D eigenvalue weighted by Crippen LogP contribution is 1.95. The fourth-order valence-electron chi connectivity index (χ4n) is 0.632. The van der Waals surface area contributed by atoms with Gasteiger partial charge in [-0.1, -0.05) is 12.2 Å². The molecule has 0 radical (unpaired) electrons. The van der Waals surface area contributed by atoms with E-state index in [4.69, 9.17) is 0 Å². The maximum atomic E-state index is 11.0. The first-order chi connectivity index (χ1) is 5.11. The normalized spacial score (nSPS) is 10.6. The number of rotatable bonds is 3. The van der Waals surface area contributed by atoms with Crippen molar-refractivity contribution in [1.82, 2.24) is 10.6 Å². The third-order valence-corrected chi connectivity index (χ3v) is 1.13. The van der Waals surface area contributed by atoms with Gasteiger partial charge in [0.15, 0.2) is 0 Å². The molecule has 0 saturated heterocycles. The number of hydrogen-bond acceptors (Lipinski definition) is 2. The lowest BCUT2D eigenvalue weighted by Crippen LogP contribution is -2.27. The number of carbonyl (C=O) groups excluding carboxylic acids is 1. The fraction of sp³-hybridized carbons (Fsp3) is 0.375. The van der Waals surface area contributed by atoms with E-state index in [0.717, 1.165) is 5.57 Å². The van der Waals surface area contributed by atoms with Crippen LogP contribution < -0.4 is 10.6 Å². The lowest BCUT2D eigenvalue weighted by atomic mass is 10.2. The van der Waals surface area contributed by atoms with Crippen LogP contribution in [0.5, 0.6) is 0 Å². The molecule has 0 aromatic heterocycles. The van der Waals surface area contributed by atoms with Crippen molar-refractivity contribution in [1.29, 1.82) is 0 Å². The van der Waals surface area contributed by atoms with E-state index in [1.807, 2.05) is 6.92 Å². The van der Waals surface area contributed by atoms with E-state index < -0.39 is 0 Å². The Hall–Kier alpha value is -1.25. The summed E-state index contributed by atoms with van der Waals surface area (Å²) in [7, 11) is 3.29. The van der Waals surface area contributed by atoms with Crippen molar-refractivity contribution in [3.63, 3.8) is 0 Å². The summed E-state index contributed by atoms with van der Waals surface area (Å²) in [5, 5.41) is 5.28. The van der Waals surface area contributed by atoms with Gasteiger partial charge in [-0.3, -0.25) is 4.79 Å². The zero-order chi connectivity index (χ0) is 8.85. The first-order valence-corrected chi connectivity index (χ1v) is 3.39. The molecule has 3 heteroatoms. The number of amides is 1. The summed E-state index contributed by atoms with van der Waals surface area (Å²) in [5.41, 5.74) is 1.37. The molecule has 0 atom stereocenters. The number of hydrogen-bond donors (Lipinski definition) is 2. The Morgan fingerprint density at radius 3 is 2.18 bits per heavy atom. The van der Waals surface area contributed by atoms with Gasteiger partial charge in [-0.2, -0.15) is 0 Å². The minimum absolute atomic E-state index is 0.129. The van der Waals surface area contributed by atoms with Gasteiger partial charge >= 0.3 is 0 Å². The number of carbonyl (C=O) groups is 1. The van der Waals surface area contributed by atoms with Crippen LogP contribution in [0.3, 0.4) is 0 Å². The highest BCUT2D eigenvalue weighted by Gasteiger charge is 2.02. The minimum atomic E-state index is -0.129. The quantitative estimate of drug-likeness (QED) is 0.456. The Morgan fingerprint density at radius 1 is 1.36 bits per heavy atom. The standard InChI is InChI=1S/C8H14N2O/c1-6(2)5-7(9-3)8(11)10-4/h5,9H,1H2,2-4H3,(H,10,11)/b7-5-. The van der Waals surface area contributed by atoms with Crippen LogP contribution in [0.15, 0.2) is 23.9 Å². The maximum Gasteiger partial charge on any atom is 0.267 e. The van der Waals surface area contributed by atoms with E-state index in [0.29, 0.717) is 5.70 Å². The number of allylic oxidation sites excluding steroid dienone is 2. The molecule has 0 unspecified atom stereocenters. The Morgan fingerprint density at radius 2 is 1.91 bits per heavy atom. The lowest BCUT2D eigenvalue weighted by molar-refractivity contribution is -0.117. The van der Waals surface area contributed by atoms with Gasteiger partial charge in [-0.15, -0.1) is 0 Å². The van der Waals surface area contributed by atoms with Gasteiger partial charge in [0, 0.05) is 14.1 Å². The zero-order valence-corrected chi connectivity index (χ0v) is 7.19. The van der Waals surface area contributed by atoms with Crippen molar-refractivity contribution >= 4 is 5.91 Å². The summed E-state index contributed by atoms with van der Waals surface area (Å²) in [4.78, 5) is 11.0. The molecule has 1 amide bonds. The first-order valence-electron chi connectivity index (χ1n) is 3.39. The van der Waals surface area contributed by atoms with Gasteiger partial charge in [0.1, 0.15) is 0 Å². The van der Waals surface area contributed by atoms with Crippen LogP contribution in [0, 0.1) is 0 Å². The van der Waals surface area contributed by atoms with Crippen LogP contribution in [0.25, 0.3) is 0 Å². The largest absolute Gasteiger partial charge is 0.384 e. The van der Waals surface area contributed by atoms with Gasteiger partial charge < -0.3 is 10.6 Å². The average Bonchev–Trinajstić information content (AvgIpc) is 1.98. The molecular weight excluding hydrogens is 140 g/mol. The predicted octanol–water partition coefficient (Wildman–Crippen LogP) is 0.412. The molecular formula is C8H14N2O. The molecule has 2 N–H and O–H groups in total. The smallest absolute Gasteiger partial charge is 0.267 e. The lowest BCUT2D eigenvalue weighted by Gasteiger charge is -2.03. The second-order valence-corrected chi connectivity index (χ2v) is 2.23. The average molecular weight is 154 g/mol. The van der Waals surface area contributed by atoms with Crippen molar-refractivity contribution in [2.24, 2.45) is 0 Å². The van der Waals surface area contributed by atoms with E-state index in [-0.39, 0.29) is 5.91 Å². The monoisotopic (exact) mass is 154 g/mol. The molecule has 0 bridgehead atoms. The third-order valence-electron chi connectivity index (χ3n) is 1.13. The highest BCUT2D eigenvalue weighted by molar-refractivity contribution is 5.92. The summed E-state index contributed by atoms with van der Waals surface area (Å²) in [6, 6.07) is 0. The van der Waals surface area contributed by atoms with Crippen LogP contribution >= 0.6 is 0 Å². The molecule has 11 heavy (non-hydrogen) atoms. The first kappa shape index (κ1) is 9.75. The molecule has 3 nitrogen and oxygen atoms in total. The Bertz CT molecular complexity index is 194. The van der Waals surface area contributed by atoms with Gasteiger partial charge in [-0.05, 0) is 13.0 Å². The second-order valence-electron chi connectivity index (χ2n) is 2.23. The van der Waals surface area contributed by atoms with Crippen LogP contribution in [0.2, 0.25) is 0 Å². The Balaban J connectivity index is 4.39. The maximum absolute atomic E-state index is 11.0. The Labute approximate surface area is 67.2 Å². The van der Waals surface area contributed by atoms with Gasteiger partial charge in [0.05, 0.1) is 5.70 Å². The summed E-state index contributed by atoms with van der Waals surface area (Å²) in [6.07, 6.45) is 1.69. The predicted molar refractivity (Wildman–Crippen MR) is 46.0 cm³/mol. The number of likely N-dealkylation sites (N-methyl/N-ethyl adjacent to an activating group) is 2. The van der Waals surface area contributed by atoms with Crippen LogP contribution in [0.1, 0.15) is 6.92 Å². The van der Waals surface area contributed by atoms with Gasteiger partial charge in [-0.25, -0.2) is 0 Å². The van der Waals surface area contributed by atoms with Crippen LogP contribution in [-0.4, -0.2) is 20.0 Å². The van der Waals surface area contributed by atoms with Crippen LogP contribution in [0.4, 0.5) is 0 Å². The van der Waals surface area contributed by atoms with Gasteiger partial charge in [0.25, 0.3) is 5.91 Å². The molecule has 0 saturated carbocycles. The van der Waals surface area contributed by atoms with Crippen molar-refractivity contribution in [2.45, 2.75) is 6.92 Å². The number of nitrogens with one attached hydrogen (secondary N) is 2. The Kier molecular flexibility index (Phi) is 4.03. The van der Waals surface area contributed by atoms with E-state index in [2.05, 4.69) is 17.2 Å². The van der Waals surface area contributed by atoms with E-state index >= 15 is 0 Å². The molecule has 0 heterocycles. The van der Waals surface area contributed by atoms with Crippen molar-refractivity contribution in [3.05, 3.63) is 23.9 Å². The van der Waals surface area contributed by atoms with Crippen molar-refractivity contribution in [3.8, 4) is 0 Å². The molecule has 0 spiro atoms. The van der Waals surface area contributed by atoms with E-state index in [1.54, 1.807) is 20.2 Å². The molecule has 0 aliphatic rings. The minimum Gasteiger partial charge on any atom is -0.384 e. The zero-order valence-electron chi connectivity index (χ0n) is 7.19. The third kappa shape index (κ3) is 3.45. The molecule has 0 aromatic carbocycles. The molecule has 0 aromatic rings. The molecule has 0 aliphatic heterocycles. The van der Waals surface area contributed by atoms with E-state index in [1.165, 1.54) is 0 Å². The topological polar surface area (TPSA) is 41.1 Å². The summed E-state index contributed by atoms with van der Waals surface area (Å²) < 4.78 is 0. The highest BCUT2D eigenvalue weighted by atomic mass is 16.1. The molecule has 0 aliphatic carbocycles. The summed E-state index contributed by atoms with van der Waals surface area (Å²) >= 11 is 0. The molecule has 0 rings (SSSR count). The van der Waals surface area contributed by atoms with Gasteiger partial charge in [0.2, 0.25) is 0 Å². The van der Waals surface area contributed by atoms with Crippen LogP contribution in [-0.2, 0) is 4.79 Å². The fourth-order valence-corrected chi connectivity index (χ4v) is 0.632. The molecule has 62 valence electrons. The SMILES string of the molecule is C=C(C)/C=C(\NC)C(=O)NC. The second kappa shape index (κ2) is 4.55. The molecule has 0 fully saturated rings. The van der Waals surface area contributed by atoms with Crippen molar-refractivity contribution < 1.29 is 4.79 Å². The summed E-state index contributed by atoms with van der Waals surface area (Å²) in [6.45, 7) is 5.50. The van der Waals surface area contributed by atoms with E-state index in [9.17, 15) is 4.79 Å². The summed E-state index contributed by atoms with van der Waals surface area (Å²) in [5.74, 6) is -0.129. The van der Waals surface area contributed by atoms with Crippen molar-refractivity contribution in [2.75, 3.05) is 14.1 Å².